The fourth-order valence-corrected chi connectivity index (χ4v) is 2.93. The monoisotopic (exact) mass is 296 g/mol. The third kappa shape index (κ3) is 3.38. The molecule has 0 bridgehead atoms. The first-order valence-electron chi connectivity index (χ1n) is 7.98. The normalized spacial score (nSPS) is 19.6. The van der Waals surface area contributed by atoms with Crippen molar-refractivity contribution >= 4 is 11.5 Å². The average Bonchev–Trinajstić information content (AvgIpc) is 2.59. The largest absolute Gasteiger partial charge is 0.466 e. The zero-order valence-corrected chi connectivity index (χ0v) is 13.6. The quantitative estimate of drug-likeness (QED) is 0.720. The Morgan fingerprint density at radius 3 is 2.50 bits per heavy atom. The van der Waals surface area contributed by atoms with Crippen molar-refractivity contribution in [3.63, 3.8) is 0 Å². The lowest BCUT2D eigenvalue weighted by molar-refractivity contribution is -0.136. The minimum absolute atomic E-state index is 0.110. The Morgan fingerprint density at radius 1 is 1.18 bits per heavy atom. The lowest BCUT2D eigenvalue weighted by Gasteiger charge is -2.25. The van der Waals surface area contributed by atoms with E-state index in [1.807, 2.05) is 30.3 Å². The Labute approximate surface area is 133 Å². The third-order valence-corrected chi connectivity index (χ3v) is 4.05. The lowest BCUT2D eigenvalue weighted by atomic mass is 9.79. The molecule has 0 saturated heterocycles. The van der Waals surface area contributed by atoms with Gasteiger partial charge in [0.2, 0.25) is 0 Å². The first-order chi connectivity index (χ1) is 10.7. The summed E-state index contributed by atoms with van der Waals surface area (Å²) in [5, 5.41) is 0. The van der Waals surface area contributed by atoms with E-state index in [1.54, 1.807) is 0 Å². The molecule has 2 nitrogen and oxygen atoms in total. The van der Waals surface area contributed by atoms with E-state index in [2.05, 4.69) is 32.1 Å². The van der Waals surface area contributed by atoms with Gasteiger partial charge < -0.3 is 4.74 Å². The molecule has 1 aromatic carbocycles. The van der Waals surface area contributed by atoms with Gasteiger partial charge in [-0.25, -0.2) is 4.79 Å². The van der Waals surface area contributed by atoms with Gasteiger partial charge in [0.05, 0.1) is 12.7 Å². The molecule has 2 rings (SSSR count). The molecule has 2 heteroatoms. The number of allylic oxidation sites excluding steroid dienone is 5. The molecule has 116 valence electrons. The Bertz CT molecular complexity index is 606. The molecule has 0 radical (unpaired) electrons. The molecule has 0 aliphatic heterocycles. The second-order valence-electron chi connectivity index (χ2n) is 5.47. The molecule has 22 heavy (non-hydrogen) atoms. The van der Waals surface area contributed by atoms with Gasteiger partial charge in [-0.1, -0.05) is 68.8 Å². The molecule has 0 heterocycles. The smallest absolute Gasteiger partial charge is 0.334 e. The van der Waals surface area contributed by atoms with E-state index >= 15 is 0 Å². The SMILES string of the molecule is CCCC=C1C=CC(c2ccccc2)=C(C(=O)OC)C1CC. The number of hydrogen-bond donors (Lipinski definition) is 0. The first kappa shape index (κ1) is 16.3. The minimum atomic E-state index is -0.225. The summed E-state index contributed by atoms with van der Waals surface area (Å²) in [7, 11) is 1.46. The Kier molecular flexibility index (Phi) is 5.76. The van der Waals surface area contributed by atoms with Gasteiger partial charge in [0.15, 0.2) is 0 Å². The van der Waals surface area contributed by atoms with E-state index in [0.717, 1.165) is 36.0 Å². The predicted octanol–water partition coefficient (Wildman–Crippen LogP) is 4.94. The maximum Gasteiger partial charge on any atom is 0.334 e. The van der Waals surface area contributed by atoms with Crippen LogP contribution in [-0.2, 0) is 9.53 Å². The van der Waals surface area contributed by atoms with Crippen molar-refractivity contribution in [3.8, 4) is 0 Å². The molecule has 0 spiro atoms. The molecule has 0 N–H and O–H groups in total. The van der Waals surface area contributed by atoms with Gasteiger partial charge in [-0.2, -0.15) is 0 Å². The second kappa shape index (κ2) is 7.79. The lowest BCUT2D eigenvalue weighted by Crippen LogP contribution is -2.20. The summed E-state index contributed by atoms with van der Waals surface area (Å²) in [5.41, 5.74) is 4.05. The number of benzene rings is 1. The van der Waals surface area contributed by atoms with Crippen molar-refractivity contribution in [1.29, 1.82) is 0 Å². The van der Waals surface area contributed by atoms with Crippen LogP contribution < -0.4 is 0 Å². The summed E-state index contributed by atoms with van der Waals surface area (Å²) in [4.78, 5) is 12.4. The highest BCUT2D eigenvalue weighted by Crippen LogP contribution is 2.37. The number of rotatable bonds is 5. The number of unbranched alkanes of at least 4 members (excludes halogenated alkanes) is 1. The highest BCUT2D eigenvalue weighted by Gasteiger charge is 2.28. The topological polar surface area (TPSA) is 26.3 Å². The van der Waals surface area contributed by atoms with E-state index in [1.165, 1.54) is 12.7 Å². The van der Waals surface area contributed by atoms with E-state index in [4.69, 9.17) is 4.74 Å². The molecule has 1 atom stereocenters. The van der Waals surface area contributed by atoms with Gasteiger partial charge >= 0.3 is 5.97 Å². The Morgan fingerprint density at radius 2 is 1.91 bits per heavy atom. The zero-order chi connectivity index (χ0) is 15.9. The second-order valence-corrected chi connectivity index (χ2v) is 5.47. The summed E-state index contributed by atoms with van der Waals surface area (Å²) >= 11 is 0. The van der Waals surface area contributed by atoms with Crippen molar-refractivity contribution < 1.29 is 9.53 Å². The van der Waals surface area contributed by atoms with Crippen LogP contribution in [0.2, 0.25) is 0 Å². The molecule has 1 aliphatic rings. The van der Waals surface area contributed by atoms with E-state index in [0.29, 0.717) is 0 Å². The molecule has 0 fully saturated rings. The number of esters is 1. The summed E-state index contributed by atoms with van der Waals surface area (Å²) in [6, 6.07) is 10.0. The van der Waals surface area contributed by atoms with Crippen LogP contribution in [0.4, 0.5) is 0 Å². The van der Waals surface area contributed by atoms with Gasteiger partial charge in [0, 0.05) is 5.92 Å². The molecule has 1 aliphatic carbocycles. The Balaban J connectivity index is 2.54. The molecular weight excluding hydrogens is 272 g/mol. The number of ether oxygens (including phenoxy) is 1. The number of carbonyl (C=O) groups excluding carboxylic acids is 1. The standard InChI is InChI=1S/C20H24O2/c1-4-6-10-16-13-14-18(15-11-8-7-9-12-15)19(17(16)5-2)20(21)22-3/h7-14,17H,4-6H2,1-3H3. The minimum Gasteiger partial charge on any atom is -0.466 e. The van der Waals surface area contributed by atoms with Gasteiger partial charge in [-0.3, -0.25) is 0 Å². The van der Waals surface area contributed by atoms with Crippen LogP contribution in [0.3, 0.4) is 0 Å². The summed E-state index contributed by atoms with van der Waals surface area (Å²) < 4.78 is 5.07. The molecule has 1 aromatic rings. The Hall–Kier alpha value is -2.09. The number of methoxy groups -OCH3 is 1. The van der Waals surface area contributed by atoms with Gasteiger partial charge in [0.1, 0.15) is 0 Å². The maximum atomic E-state index is 12.4. The van der Waals surface area contributed by atoms with Crippen LogP contribution in [0.15, 0.2) is 59.7 Å². The van der Waals surface area contributed by atoms with Gasteiger partial charge in [-0.15, -0.1) is 0 Å². The first-order valence-corrected chi connectivity index (χ1v) is 7.98. The summed E-state index contributed by atoms with van der Waals surface area (Å²) in [6.07, 6.45) is 9.48. The summed E-state index contributed by atoms with van der Waals surface area (Å²) in [6.45, 7) is 4.28. The van der Waals surface area contributed by atoms with E-state index in [-0.39, 0.29) is 11.9 Å². The van der Waals surface area contributed by atoms with Crippen molar-refractivity contribution in [2.24, 2.45) is 5.92 Å². The average molecular weight is 296 g/mol. The molecule has 1 unspecified atom stereocenters. The molecular formula is C20H24O2. The van der Waals surface area contributed by atoms with E-state index in [9.17, 15) is 4.79 Å². The van der Waals surface area contributed by atoms with Gasteiger partial charge in [-0.05, 0) is 29.6 Å². The van der Waals surface area contributed by atoms with Crippen LogP contribution in [0, 0.1) is 5.92 Å². The van der Waals surface area contributed by atoms with Crippen molar-refractivity contribution in [2.45, 2.75) is 33.1 Å². The van der Waals surface area contributed by atoms with Crippen LogP contribution in [0.25, 0.3) is 5.57 Å². The van der Waals surface area contributed by atoms with Crippen LogP contribution in [-0.4, -0.2) is 13.1 Å². The van der Waals surface area contributed by atoms with Crippen molar-refractivity contribution in [3.05, 3.63) is 65.3 Å². The van der Waals surface area contributed by atoms with Crippen LogP contribution in [0.1, 0.15) is 38.7 Å². The predicted molar refractivity (Wildman–Crippen MR) is 91.3 cm³/mol. The maximum absolute atomic E-state index is 12.4. The number of hydrogen-bond acceptors (Lipinski definition) is 2. The van der Waals surface area contributed by atoms with Gasteiger partial charge in [0.25, 0.3) is 0 Å². The highest BCUT2D eigenvalue weighted by molar-refractivity contribution is 6.02. The zero-order valence-electron chi connectivity index (χ0n) is 13.6. The fourth-order valence-electron chi connectivity index (χ4n) is 2.93. The number of carbonyl (C=O) groups is 1. The van der Waals surface area contributed by atoms with Crippen LogP contribution >= 0.6 is 0 Å². The van der Waals surface area contributed by atoms with Crippen LogP contribution in [0.5, 0.6) is 0 Å². The highest BCUT2D eigenvalue weighted by atomic mass is 16.5. The van der Waals surface area contributed by atoms with Crippen molar-refractivity contribution in [2.75, 3.05) is 7.11 Å². The van der Waals surface area contributed by atoms with E-state index < -0.39 is 0 Å². The molecule has 0 saturated carbocycles. The molecule has 0 aromatic heterocycles. The summed E-state index contributed by atoms with van der Waals surface area (Å²) in [5.74, 6) is -0.114. The molecule has 0 amide bonds. The fraction of sp³-hybridized carbons (Fsp3) is 0.350. The third-order valence-electron chi connectivity index (χ3n) is 4.05. The van der Waals surface area contributed by atoms with Crippen molar-refractivity contribution in [1.82, 2.24) is 0 Å².